The Kier molecular flexibility index (Phi) is 2.98. The van der Waals surface area contributed by atoms with E-state index in [1.165, 1.54) is 0 Å². The van der Waals surface area contributed by atoms with Crippen LogP contribution in [-0.2, 0) is 6.54 Å². The number of aromatic nitrogens is 3. The van der Waals surface area contributed by atoms with Crippen LogP contribution < -0.4 is 5.32 Å². The van der Waals surface area contributed by atoms with Crippen LogP contribution in [0.4, 0.5) is 5.69 Å². The number of fused-ring (bicyclic) bond motifs is 1. The molecule has 0 bridgehead atoms. The van der Waals surface area contributed by atoms with E-state index < -0.39 is 0 Å². The second kappa shape index (κ2) is 4.78. The molecule has 0 spiro atoms. The molecule has 0 aliphatic rings. The van der Waals surface area contributed by atoms with E-state index in [9.17, 15) is 0 Å². The highest BCUT2D eigenvalue weighted by Gasteiger charge is 2.02. The summed E-state index contributed by atoms with van der Waals surface area (Å²) in [5.74, 6) is 0. The van der Waals surface area contributed by atoms with Gasteiger partial charge in [0, 0.05) is 5.39 Å². The highest BCUT2D eigenvalue weighted by atomic mass is 79.9. The number of halogens is 1. The van der Waals surface area contributed by atoms with Crippen molar-refractivity contribution in [2.45, 2.75) is 6.54 Å². The lowest BCUT2D eigenvalue weighted by molar-refractivity contribution is 1.03. The Balaban J connectivity index is 1.83. The molecule has 2 N–H and O–H groups in total. The van der Waals surface area contributed by atoms with Crippen LogP contribution in [0.25, 0.3) is 10.9 Å². The summed E-state index contributed by atoms with van der Waals surface area (Å²) in [6.07, 6.45) is 1.82. The Morgan fingerprint density at radius 3 is 2.94 bits per heavy atom. The Morgan fingerprint density at radius 2 is 2.06 bits per heavy atom. The number of para-hydroxylation sites is 1. The summed E-state index contributed by atoms with van der Waals surface area (Å²) in [6.45, 7) is 0.678. The van der Waals surface area contributed by atoms with Crippen LogP contribution in [0.3, 0.4) is 0 Å². The third kappa shape index (κ3) is 2.22. The number of nitrogens with zero attached hydrogens (tertiary/aromatic N) is 2. The topological polar surface area (TPSA) is 53.6 Å². The average molecular weight is 303 g/mol. The maximum Gasteiger partial charge on any atom is 0.106 e. The van der Waals surface area contributed by atoms with Gasteiger partial charge in [-0.2, -0.15) is 5.10 Å². The standard InChI is InChI=1S/C13H11BrN4/c14-12-6-2-4-10(17-12)8-15-11-5-1-3-9-7-16-18-13(9)11/h1-7,15H,8H2,(H,16,18). The first-order chi connectivity index (χ1) is 8.83. The zero-order chi connectivity index (χ0) is 12.4. The van der Waals surface area contributed by atoms with Crippen molar-refractivity contribution in [3.8, 4) is 0 Å². The summed E-state index contributed by atoms with van der Waals surface area (Å²) >= 11 is 3.37. The minimum Gasteiger partial charge on any atom is -0.378 e. The average Bonchev–Trinajstić information content (AvgIpc) is 2.85. The molecular formula is C13H11BrN4. The molecular weight excluding hydrogens is 292 g/mol. The molecule has 3 aromatic rings. The van der Waals surface area contributed by atoms with Crippen LogP contribution in [0.5, 0.6) is 0 Å². The second-order valence-corrected chi connectivity index (χ2v) is 4.76. The van der Waals surface area contributed by atoms with Gasteiger partial charge in [-0.25, -0.2) is 4.98 Å². The van der Waals surface area contributed by atoms with E-state index >= 15 is 0 Å². The lowest BCUT2D eigenvalue weighted by atomic mass is 10.2. The number of rotatable bonds is 3. The Labute approximate surface area is 113 Å². The van der Waals surface area contributed by atoms with Gasteiger partial charge >= 0.3 is 0 Å². The number of benzene rings is 1. The molecule has 18 heavy (non-hydrogen) atoms. The molecule has 5 heteroatoms. The molecule has 90 valence electrons. The quantitative estimate of drug-likeness (QED) is 0.730. The molecule has 4 nitrogen and oxygen atoms in total. The zero-order valence-electron chi connectivity index (χ0n) is 9.52. The molecule has 0 amide bonds. The van der Waals surface area contributed by atoms with Gasteiger partial charge in [0.15, 0.2) is 0 Å². The first kappa shape index (κ1) is 11.2. The van der Waals surface area contributed by atoms with Crippen molar-refractivity contribution in [3.05, 3.63) is 52.9 Å². The monoisotopic (exact) mass is 302 g/mol. The van der Waals surface area contributed by atoms with Crippen LogP contribution in [0.2, 0.25) is 0 Å². The summed E-state index contributed by atoms with van der Waals surface area (Å²) < 4.78 is 0.849. The van der Waals surface area contributed by atoms with Gasteiger partial charge in [0.25, 0.3) is 0 Å². The predicted molar refractivity (Wildman–Crippen MR) is 75.4 cm³/mol. The number of hydrogen-bond acceptors (Lipinski definition) is 3. The second-order valence-electron chi connectivity index (χ2n) is 3.95. The van der Waals surface area contributed by atoms with Gasteiger partial charge in [0.05, 0.1) is 29.6 Å². The molecule has 0 saturated heterocycles. The number of pyridine rings is 1. The van der Waals surface area contributed by atoms with Crippen LogP contribution >= 0.6 is 15.9 Å². The first-order valence-electron chi connectivity index (χ1n) is 5.60. The fraction of sp³-hybridized carbons (Fsp3) is 0.0769. The molecule has 2 heterocycles. The van der Waals surface area contributed by atoms with Crippen molar-refractivity contribution < 1.29 is 0 Å². The maximum absolute atomic E-state index is 4.38. The summed E-state index contributed by atoms with van der Waals surface area (Å²) in [6, 6.07) is 11.9. The van der Waals surface area contributed by atoms with E-state index in [1.807, 2.05) is 42.6 Å². The molecule has 3 rings (SSSR count). The molecule has 0 aliphatic heterocycles. The fourth-order valence-electron chi connectivity index (χ4n) is 1.85. The lowest BCUT2D eigenvalue weighted by Crippen LogP contribution is -2.02. The van der Waals surface area contributed by atoms with Gasteiger partial charge in [-0.05, 0) is 34.1 Å². The Bertz CT molecular complexity index is 677. The van der Waals surface area contributed by atoms with Gasteiger partial charge in [-0.15, -0.1) is 0 Å². The predicted octanol–water partition coefficient (Wildman–Crippen LogP) is 3.33. The SMILES string of the molecule is Brc1cccc(CNc2cccc3cn[nH]c23)n1. The highest BCUT2D eigenvalue weighted by molar-refractivity contribution is 9.10. The largest absolute Gasteiger partial charge is 0.378 e. The molecule has 0 atom stereocenters. The van der Waals surface area contributed by atoms with Gasteiger partial charge in [-0.1, -0.05) is 18.2 Å². The summed E-state index contributed by atoms with van der Waals surface area (Å²) in [5, 5.41) is 11.5. The van der Waals surface area contributed by atoms with Crippen molar-refractivity contribution in [3.63, 3.8) is 0 Å². The van der Waals surface area contributed by atoms with Crippen LogP contribution in [0, 0.1) is 0 Å². The fourth-order valence-corrected chi connectivity index (χ4v) is 2.23. The lowest BCUT2D eigenvalue weighted by Gasteiger charge is -2.07. The molecule has 1 aromatic carbocycles. The number of H-pyrrole nitrogens is 1. The van der Waals surface area contributed by atoms with E-state index in [1.54, 1.807) is 0 Å². The van der Waals surface area contributed by atoms with E-state index in [2.05, 4.69) is 36.4 Å². The minimum atomic E-state index is 0.678. The van der Waals surface area contributed by atoms with Gasteiger partial charge in [-0.3, -0.25) is 5.10 Å². The van der Waals surface area contributed by atoms with Crippen molar-refractivity contribution in [1.29, 1.82) is 0 Å². The molecule has 0 fully saturated rings. The van der Waals surface area contributed by atoms with Gasteiger partial charge < -0.3 is 5.32 Å². The van der Waals surface area contributed by atoms with E-state index in [0.717, 1.165) is 26.9 Å². The first-order valence-corrected chi connectivity index (χ1v) is 6.39. The third-order valence-electron chi connectivity index (χ3n) is 2.71. The Morgan fingerprint density at radius 1 is 1.17 bits per heavy atom. The van der Waals surface area contributed by atoms with E-state index in [0.29, 0.717) is 6.54 Å². The maximum atomic E-state index is 4.38. The molecule has 0 saturated carbocycles. The van der Waals surface area contributed by atoms with E-state index in [4.69, 9.17) is 0 Å². The van der Waals surface area contributed by atoms with Gasteiger partial charge in [0.2, 0.25) is 0 Å². The van der Waals surface area contributed by atoms with Crippen molar-refractivity contribution in [2.75, 3.05) is 5.32 Å². The van der Waals surface area contributed by atoms with E-state index in [-0.39, 0.29) is 0 Å². The van der Waals surface area contributed by atoms with Crippen molar-refractivity contribution in [1.82, 2.24) is 15.2 Å². The zero-order valence-corrected chi connectivity index (χ0v) is 11.1. The Hall–Kier alpha value is -1.88. The normalized spacial score (nSPS) is 10.7. The summed E-state index contributed by atoms with van der Waals surface area (Å²) in [5.41, 5.74) is 3.04. The van der Waals surface area contributed by atoms with Crippen LogP contribution in [0.15, 0.2) is 47.2 Å². The number of aromatic amines is 1. The van der Waals surface area contributed by atoms with Crippen molar-refractivity contribution in [2.24, 2.45) is 0 Å². The summed E-state index contributed by atoms with van der Waals surface area (Å²) in [4.78, 5) is 4.38. The summed E-state index contributed by atoms with van der Waals surface area (Å²) in [7, 11) is 0. The molecule has 0 radical (unpaired) electrons. The van der Waals surface area contributed by atoms with Crippen LogP contribution in [0.1, 0.15) is 5.69 Å². The molecule has 0 unspecified atom stereocenters. The number of anilines is 1. The smallest absolute Gasteiger partial charge is 0.106 e. The molecule has 2 aromatic heterocycles. The highest BCUT2D eigenvalue weighted by Crippen LogP contribution is 2.20. The third-order valence-corrected chi connectivity index (χ3v) is 3.15. The minimum absolute atomic E-state index is 0.678. The number of nitrogens with one attached hydrogen (secondary N) is 2. The van der Waals surface area contributed by atoms with Crippen molar-refractivity contribution >= 4 is 32.5 Å². The number of hydrogen-bond donors (Lipinski definition) is 2. The van der Waals surface area contributed by atoms with Crippen LogP contribution in [-0.4, -0.2) is 15.2 Å². The molecule has 0 aliphatic carbocycles. The van der Waals surface area contributed by atoms with Gasteiger partial charge in [0.1, 0.15) is 4.60 Å².